The first-order valence-electron chi connectivity index (χ1n) is 11.4. The van der Waals surface area contributed by atoms with Crippen LogP contribution in [0.5, 0.6) is 5.75 Å². The zero-order chi connectivity index (χ0) is 29.4. The molecule has 212 valence electrons. The van der Waals surface area contributed by atoms with Crippen molar-refractivity contribution in [1.82, 2.24) is 25.1 Å². The summed E-state index contributed by atoms with van der Waals surface area (Å²) in [4.78, 5) is 59.8. The topological polar surface area (TPSA) is 241 Å². The van der Waals surface area contributed by atoms with E-state index in [1.54, 1.807) is 0 Å². The number of aliphatic carboxylic acids is 1. The Bertz CT molecular complexity index is 1720. The Labute approximate surface area is 293 Å². The maximum atomic E-state index is 13.2. The van der Waals surface area contributed by atoms with Gasteiger partial charge in [0.2, 0.25) is 0 Å². The Morgan fingerprint density at radius 3 is 2.74 bits per heavy atom. The molecule has 2 atom stereocenters. The summed E-state index contributed by atoms with van der Waals surface area (Å²) in [5.74, 6) is -3.39. The quantitative estimate of drug-likeness (QED) is 0.0850. The summed E-state index contributed by atoms with van der Waals surface area (Å²) in [6.45, 7) is 3.21. The number of rotatable bonds is 9. The summed E-state index contributed by atoms with van der Waals surface area (Å²) in [6, 6.07) is 1.05. The van der Waals surface area contributed by atoms with Gasteiger partial charge in [-0.2, -0.15) is 0 Å². The van der Waals surface area contributed by atoms with Crippen LogP contribution in [0.2, 0.25) is 0 Å². The maximum Gasteiger partial charge on any atom is 1.00 e. The van der Waals surface area contributed by atoms with E-state index in [1.165, 1.54) is 29.3 Å². The number of allylic oxidation sites excluding steroid dienone is 1. The van der Waals surface area contributed by atoms with E-state index in [9.17, 15) is 34.6 Å². The number of hydrogen-bond donors (Lipinski definition) is 3. The Morgan fingerprint density at radius 1 is 1.35 bits per heavy atom. The minimum absolute atomic E-state index is 0. The molecule has 16 nitrogen and oxygen atoms in total. The summed E-state index contributed by atoms with van der Waals surface area (Å²) in [5, 5.41) is 43.9. The van der Waals surface area contributed by atoms with Gasteiger partial charge in [-0.15, -0.1) is 23.1 Å². The number of carboxylic acids is 1. The Balaban J connectivity index is 0.00000253. The van der Waals surface area contributed by atoms with Gasteiger partial charge in [0, 0.05) is 23.3 Å². The number of amides is 2. The number of carbonyl (C=O) groups is 3. The van der Waals surface area contributed by atoms with E-state index in [0.29, 0.717) is 11.8 Å². The van der Waals surface area contributed by atoms with Crippen molar-refractivity contribution in [1.29, 1.82) is 0 Å². The third-order valence-electron chi connectivity index (χ3n) is 5.88. The number of aromatic nitrogens is 3. The first-order valence-corrected chi connectivity index (χ1v) is 13.3. The van der Waals surface area contributed by atoms with Crippen LogP contribution in [0, 0.1) is 5.21 Å². The third kappa shape index (κ3) is 6.86. The smallest absolute Gasteiger partial charge is 0.869 e. The van der Waals surface area contributed by atoms with Crippen molar-refractivity contribution in [2.45, 2.75) is 18.0 Å². The van der Waals surface area contributed by atoms with E-state index in [1.807, 2.05) is 0 Å². The van der Waals surface area contributed by atoms with Crippen LogP contribution in [-0.2, 0) is 25.8 Å². The van der Waals surface area contributed by atoms with Gasteiger partial charge in [-0.1, -0.05) is 23.0 Å². The second-order valence-corrected chi connectivity index (χ2v) is 10.4. The van der Waals surface area contributed by atoms with Crippen molar-refractivity contribution < 1.29 is 93.1 Å². The number of nitrogen functional groups attached to an aromatic ring is 1. The van der Waals surface area contributed by atoms with Gasteiger partial charge < -0.3 is 40.6 Å². The van der Waals surface area contributed by atoms with Crippen molar-refractivity contribution >= 4 is 51.7 Å². The number of anilines is 1. The largest absolute Gasteiger partial charge is 1.00 e. The molecule has 0 saturated carbocycles. The fourth-order valence-corrected chi connectivity index (χ4v) is 5.85. The van der Waals surface area contributed by atoms with Crippen LogP contribution in [0.4, 0.5) is 5.13 Å². The van der Waals surface area contributed by atoms with Crippen molar-refractivity contribution in [2.24, 2.45) is 5.16 Å². The minimum Gasteiger partial charge on any atom is -0.869 e. The fraction of sp³-hybridized carbons (Fsp3) is 0.174. The summed E-state index contributed by atoms with van der Waals surface area (Å²) >= 11 is 2.29. The number of thioether (sulfide) groups is 1. The number of carboxylic acid groups (broad SMARTS) is 1. The number of nitrogens with one attached hydrogen (secondary N) is 1. The summed E-state index contributed by atoms with van der Waals surface area (Å²) < 4.78 is 5.27. The van der Waals surface area contributed by atoms with E-state index in [2.05, 4.69) is 27.2 Å². The van der Waals surface area contributed by atoms with E-state index >= 15 is 0 Å². The molecule has 2 aliphatic rings. The number of nitrogens with two attached hydrogens (primary N) is 1. The zero-order valence-electron chi connectivity index (χ0n) is 22.5. The Hall–Kier alpha value is -3.10. The van der Waals surface area contributed by atoms with E-state index < -0.39 is 40.4 Å². The van der Waals surface area contributed by atoms with Gasteiger partial charge in [-0.25, -0.2) is 9.78 Å². The number of pyridine rings is 1. The normalized spacial score (nSPS) is 17.6. The first-order chi connectivity index (χ1) is 19.6. The van der Waals surface area contributed by atoms with Crippen molar-refractivity contribution in [3.63, 3.8) is 0 Å². The number of hydrogen-bond acceptors (Lipinski definition) is 14. The molecule has 2 aliphatic heterocycles. The van der Waals surface area contributed by atoms with E-state index in [4.69, 9.17) is 15.1 Å². The Morgan fingerprint density at radius 2 is 2.09 bits per heavy atom. The van der Waals surface area contributed by atoms with Crippen LogP contribution >= 0.6 is 23.1 Å². The number of carbonyl (C=O) groups excluding carboxylic acids is 2. The first kappa shape index (κ1) is 34.4. The number of nitrogens with zero attached hydrogens (tertiary/aromatic N) is 5. The SMILES string of the molecule is C=CC1=C(C(=O)O)N2C(=O)[C@@H](NC(=O)/C(=N\OCc3cc(-c4cc(=O)c([O-])cn4[O-])no3)c3csc(N)n3)[C@H]2SC1.[Na+].[Na+]. The molecule has 3 aromatic rings. The molecule has 4 N–H and O–H groups in total. The molecular weight excluding hydrogens is 628 g/mol. The standard InChI is InChI=1S/C23H18N7O9S2.2Na/c1-2-9-7-40-21-17(20(34)30(21)18(9)22(35)36)26-19(33)16(12-8-41-23(24)25-12)28-38-6-10-3-11(27-39-10)13-4-14(31)15(32)5-29(13)37;;/h2-5,8,17,21,32H,1,6-7H2,(H2,24,25)(H,26,33)(H,35,36);;/q-1;2*+1/p-1/b28-16-;;/t17-,21-;;/m1../s1. The third-order valence-corrected chi connectivity index (χ3v) is 7.86. The molecule has 0 spiro atoms. The molecule has 20 heteroatoms. The molecule has 5 heterocycles. The zero-order valence-corrected chi connectivity index (χ0v) is 28.1. The van der Waals surface area contributed by atoms with Gasteiger partial charge in [0.25, 0.3) is 11.8 Å². The molecule has 0 unspecified atom stereocenters. The van der Waals surface area contributed by atoms with Crippen LogP contribution in [0.25, 0.3) is 11.4 Å². The van der Waals surface area contributed by atoms with Crippen LogP contribution in [0.1, 0.15) is 11.5 Å². The van der Waals surface area contributed by atoms with Gasteiger partial charge in [0.1, 0.15) is 28.5 Å². The average Bonchev–Trinajstić information content (AvgIpc) is 3.59. The van der Waals surface area contributed by atoms with E-state index in [0.717, 1.165) is 22.3 Å². The molecule has 0 bridgehead atoms. The van der Waals surface area contributed by atoms with Gasteiger partial charge in [-0.05, 0) is 17.5 Å². The summed E-state index contributed by atoms with van der Waals surface area (Å²) in [7, 11) is 0. The number of fused-ring (bicyclic) bond motifs is 1. The molecule has 5 rings (SSSR count). The predicted octanol–water partition coefficient (Wildman–Crippen LogP) is -6.18. The number of oxime groups is 1. The molecular formula is C23H17N7Na2O9S2. The molecule has 0 aromatic carbocycles. The van der Waals surface area contributed by atoms with Gasteiger partial charge in [0.15, 0.2) is 28.6 Å². The molecule has 0 radical (unpaired) electrons. The van der Waals surface area contributed by atoms with Crippen LogP contribution in [0.3, 0.4) is 0 Å². The molecule has 3 aromatic heterocycles. The number of β-lactam (4-membered cyclic amide) rings is 1. The Kier molecular flexibility index (Phi) is 11.3. The van der Waals surface area contributed by atoms with Crippen LogP contribution < -0.4 is 80.7 Å². The summed E-state index contributed by atoms with van der Waals surface area (Å²) in [5.41, 5.74) is 4.47. The molecule has 0 aliphatic carbocycles. The predicted molar refractivity (Wildman–Crippen MR) is 142 cm³/mol. The second-order valence-electron chi connectivity index (χ2n) is 8.42. The molecule has 1 saturated heterocycles. The molecule has 1 fully saturated rings. The fourth-order valence-electron chi connectivity index (χ4n) is 3.96. The molecule has 43 heavy (non-hydrogen) atoms. The number of thiazole rings is 1. The van der Waals surface area contributed by atoms with Gasteiger partial charge in [-0.3, -0.25) is 19.3 Å². The second kappa shape index (κ2) is 14.1. The van der Waals surface area contributed by atoms with Crippen molar-refractivity contribution in [3.8, 4) is 17.1 Å². The van der Waals surface area contributed by atoms with Crippen LogP contribution in [-0.4, -0.2) is 65.5 Å². The summed E-state index contributed by atoms with van der Waals surface area (Å²) in [6.07, 6.45) is 1.95. The monoisotopic (exact) mass is 645 g/mol. The van der Waals surface area contributed by atoms with Crippen molar-refractivity contribution in [2.75, 3.05) is 11.5 Å². The van der Waals surface area contributed by atoms with Gasteiger partial charge >= 0.3 is 65.1 Å². The van der Waals surface area contributed by atoms with Gasteiger partial charge in [0.05, 0.1) is 5.69 Å². The molecule has 2 amide bonds. The van der Waals surface area contributed by atoms with Crippen molar-refractivity contribution in [3.05, 3.63) is 74.5 Å². The van der Waals surface area contributed by atoms with E-state index in [-0.39, 0.29) is 116 Å². The maximum absolute atomic E-state index is 13.2. The average molecular weight is 646 g/mol. The minimum atomic E-state index is -1.28. The van der Waals surface area contributed by atoms with Crippen LogP contribution in [0.15, 0.2) is 62.1 Å².